The first-order valence-corrected chi connectivity index (χ1v) is 5.76. The quantitative estimate of drug-likeness (QED) is 0.731. The summed E-state index contributed by atoms with van der Waals surface area (Å²) in [7, 11) is 0. The van der Waals surface area contributed by atoms with Crippen molar-refractivity contribution in [2.24, 2.45) is 0 Å². The van der Waals surface area contributed by atoms with Crippen molar-refractivity contribution < 1.29 is 19.1 Å². The van der Waals surface area contributed by atoms with Gasteiger partial charge in [-0.15, -0.1) is 0 Å². The molecule has 1 N–H and O–H groups in total. The molecule has 0 aromatic heterocycles. The summed E-state index contributed by atoms with van der Waals surface area (Å²) in [4.78, 5) is 22.3. The lowest BCUT2D eigenvalue weighted by Gasteiger charge is -2.06. The normalized spacial score (nSPS) is 9.83. The van der Waals surface area contributed by atoms with Crippen LogP contribution in [0.3, 0.4) is 0 Å². The number of hydrogen-bond donors (Lipinski definition) is 1. The number of carbonyl (C=O) groups is 2. The fourth-order valence-corrected chi connectivity index (χ4v) is 1.27. The summed E-state index contributed by atoms with van der Waals surface area (Å²) in [6.07, 6.45) is 0. The van der Waals surface area contributed by atoms with E-state index in [4.69, 9.17) is 4.74 Å². The number of benzene rings is 1. The molecule has 0 aliphatic carbocycles. The molecule has 5 heteroatoms. The summed E-state index contributed by atoms with van der Waals surface area (Å²) in [6.45, 7) is 2.19. The fraction of sp³-hybridized carbons (Fsp3) is 0.385. The van der Waals surface area contributed by atoms with E-state index in [1.54, 1.807) is 6.92 Å². The van der Waals surface area contributed by atoms with E-state index in [0.29, 0.717) is 13.2 Å². The Morgan fingerprint density at radius 1 is 1.22 bits per heavy atom. The molecule has 0 atom stereocenters. The number of esters is 1. The predicted molar refractivity (Wildman–Crippen MR) is 65.7 cm³/mol. The maximum absolute atomic E-state index is 11.3. The van der Waals surface area contributed by atoms with Crippen LogP contribution < -0.4 is 5.32 Å². The van der Waals surface area contributed by atoms with Crippen LogP contribution in [-0.4, -0.2) is 31.6 Å². The molecule has 0 saturated carbocycles. The SMILES string of the molecule is CCOC(=O)CNC(=O)COCc1ccccc1. The minimum absolute atomic E-state index is 0.0751. The molecule has 98 valence electrons. The highest BCUT2D eigenvalue weighted by molar-refractivity contribution is 5.82. The van der Waals surface area contributed by atoms with E-state index in [2.05, 4.69) is 10.1 Å². The van der Waals surface area contributed by atoms with Crippen molar-refractivity contribution in [3.63, 3.8) is 0 Å². The molecule has 0 heterocycles. The molecule has 0 spiro atoms. The van der Waals surface area contributed by atoms with Gasteiger partial charge >= 0.3 is 5.97 Å². The van der Waals surface area contributed by atoms with Gasteiger partial charge in [-0.25, -0.2) is 0 Å². The Kier molecular flexibility index (Phi) is 6.50. The van der Waals surface area contributed by atoms with Crippen LogP contribution in [0.1, 0.15) is 12.5 Å². The van der Waals surface area contributed by atoms with Crippen molar-refractivity contribution in [3.05, 3.63) is 35.9 Å². The molecular formula is C13H17NO4. The molecule has 0 unspecified atom stereocenters. The summed E-state index contributed by atoms with van der Waals surface area (Å²) in [5, 5.41) is 2.42. The van der Waals surface area contributed by atoms with Gasteiger partial charge in [0, 0.05) is 0 Å². The molecule has 0 saturated heterocycles. The summed E-state index contributed by atoms with van der Waals surface area (Å²) >= 11 is 0. The largest absolute Gasteiger partial charge is 0.465 e. The molecule has 0 fully saturated rings. The van der Waals surface area contributed by atoms with Gasteiger partial charge in [0.25, 0.3) is 0 Å². The van der Waals surface area contributed by atoms with E-state index in [0.717, 1.165) is 5.56 Å². The zero-order valence-electron chi connectivity index (χ0n) is 10.3. The maximum Gasteiger partial charge on any atom is 0.325 e. The smallest absolute Gasteiger partial charge is 0.325 e. The Morgan fingerprint density at radius 2 is 1.94 bits per heavy atom. The average molecular weight is 251 g/mol. The fourth-order valence-electron chi connectivity index (χ4n) is 1.27. The van der Waals surface area contributed by atoms with Crippen molar-refractivity contribution in [3.8, 4) is 0 Å². The second kappa shape index (κ2) is 8.25. The number of hydrogen-bond acceptors (Lipinski definition) is 4. The van der Waals surface area contributed by atoms with Gasteiger partial charge in [-0.05, 0) is 12.5 Å². The summed E-state index contributed by atoms with van der Waals surface area (Å²) < 4.78 is 9.88. The molecule has 1 rings (SSSR count). The van der Waals surface area contributed by atoms with Gasteiger partial charge in [-0.2, -0.15) is 0 Å². The lowest BCUT2D eigenvalue weighted by molar-refractivity contribution is -0.143. The van der Waals surface area contributed by atoms with Crippen LogP contribution in [0, 0.1) is 0 Å². The first-order chi connectivity index (χ1) is 8.72. The lowest BCUT2D eigenvalue weighted by atomic mass is 10.2. The van der Waals surface area contributed by atoms with Gasteiger partial charge in [0.05, 0.1) is 13.2 Å². The highest BCUT2D eigenvalue weighted by Crippen LogP contribution is 1.99. The summed E-state index contributed by atoms with van der Waals surface area (Å²) in [5.41, 5.74) is 0.996. The third-order valence-corrected chi connectivity index (χ3v) is 2.08. The van der Waals surface area contributed by atoms with Crippen molar-refractivity contribution in [1.82, 2.24) is 5.32 Å². The van der Waals surface area contributed by atoms with Crippen molar-refractivity contribution >= 4 is 11.9 Å². The van der Waals surface area contributed by atoms with Crippen molar-refractivity contribution in [2.45, 2.75) is 13.5 Å². The number of nitrogens with one attached hydrogen (secondary N) is 1. The van der Waals surface area contributed by atoms with Crippen LogP contribution in [0.15, 0.2) is 30.3 Å². The summed E-state index contributed by atoms with van der Waals surface area (Å²) in [6, 6.07) is 9.54. The molecular weight excluding hydrogens is 234 g/mol. The van der Waals surface area contributed by atoms with E-state index in [1.807, 2.05) is 30.3 Å². The number of amides is 1. The van der Waals surface area contributed by atoms with Gasteiger partial charge in [-0.1, -0.05) is 30.3 Å². The van der Waals surface area contributed by atoms with Crippen molar-refractivity contribution in [1.29, 1.82) is 0 Å². The van der Waals surface area contributed by atoms with Crippen LogP contribution in [0.4, 0.5) is 0 Å². The Morgan fingerprint density at radius 3 is 2.61 bits per heavy atom. The number of rotatable bonds is 7. The molecule has 1 aromatic rings. The minimum Gasteiger partial charge on any atom is -0.465 e. The molecule has 5 nitrogen and oxygen atoms in total. The second-order valence-electron chi connectivity index (χ2n) is 3.56. The summed E-state index contributed by atoms with van der Waals surface area (Å²) in [5.74, 6) is -0.784. The molecule has 0 aliphatic rings. The van der Waals surface area contributed by atoms with Crippen LogP contribution in [0.25, 0.3) is 0 Å². The van der Waals surface area contributed by atoms with E-state index >= 15 is 0 Å². The molecule has 1 amide bonds. The zero-order valence-corrected chi connectivity index (χ0v) is 10.3. The van der Waals surface area contributed by atoms with Gasteiger partial charge in [0.1, 0.15) is 13.2 Å². The maximum atomic E-state index is 11.3. The monoisotopic (exact) mass is 251 g/mol. The molecule has 0 bridgehead atoms. The van der Waals surface area contributed by atoms with Gasteiger partial charge < -0.3 is 14.8 Å². The van der Waals surface area contributed by atoms with Crippen molar-refractivity contribution in [2.75, 3.05) is 19.8 Å². The third-order valence-electron chi connectivity index (χ3n) is 2.08. The van der Waals surface area contributed by atoms with Gasteiger partial charge in [0.2, 0.25) is 5.91 Å². The molecule has 18 heavy (non-hydrogen) atoms. The van der Waals surface area contributed by atoms with E-state index in [9.17, 15) is 9.59 Å². The Bertz CT molecular complexity index is 378. The predicted octanol–water partition coefficient (Wildman–Crippen LogP) is 0.882. The first-order valence-electron chi connectivity index (χ1n) is 5.76. The van der Waals surface area contributed by atoms with E-state index in [1.165, 1.54) is 0 Å². The number of ether oxygens (including phenoxy) is 2. The van der Waals surface area contributed by atoms with E-state index < -0.39 is 5.97 Å². The highest BCUT2D eigenvalue weighted by Gasteiger charge is 2.05. The Balaban J connectivity index is 2.12. The zero-order chi connectivity index (χ0) is 13.2. The molecule has 1 aromatic carbocycles. The molecule has 0 radical (unpaired) electrons. The standard InChI is InChI=1S/C13H17NO4/c1-2-18-13(16)8-14-12(15)10-17-9-11-6-4-3-5-7-11/h3-7H,2,8-10H2,1H3,(H,14,15). The number of carbonyl (C=O) groups excluding carboxylic acids is 2. The van der Waals surface area contributed by atoms with Crippen LogP contribution in [0.5, 0.6) is 0 Å². The first kappa shape index (κ1) is 14.2. The van der Waals surface area contributed by atoms with Crippen LogP contribution in [-0.2, 0) is 25.7 Å². The van der Waals surface area contributed by atoms with Gasteiger partial charge in [-0.3, -0.25) is 9.59 Å². The Hall–Kier alpha value is -1.88. The topological polar surface area (TPSA) is 64.6 Å². The third kappa shape index (κ3) is 6.00. The second-order valence-corrected chi connectivity index (χ2v) is 3.56. The van der Waals surface area contributed by atoms with Crippen LogP contribution >= 0.6 is 0 Å². The Labute approximate surface area is 106 Å². The van der Waals surface area contributed by atoms with Gasteiger partial charge in [0.15, 0.2) is 0 Å². The average Bonchev–Trinajstić information content (AvgIpc) is 2.38. The molecule has 0 aliphatic heterocycles. The van der Waals surface area contributed by atoms with Crippen LogP contribution in [0.2, 0.25) is 0 Å². The minimum atomic E-state index is -0.450. The highest BCUT2D eigenvalue weighted by atomic mass is 16.5. The lowest BCUT2D eigenvalue weighted by Crippen LogP contribution is -2.33. The van der Waals surface area contributed by atoms with E-state index in [-0.39, 0.29) is 19.1 Å².